The molecule has 1 aliphatic rings. The first kappa shape index (κ1) is 20.8. The lowest BCUT2D eigenvalue weighted by atomic mass is 10.1. The lowest BCUT2D eigenvalue weighted by Crippen LogP contribution is -2.37. The van der Waals surface area contributed by atoms with Crippen molar-refractivity contribution in [3.63, 3.8) is 0 Å². The number of fused-ring (bicyclic) bond motifs is 1. The van der Waals surface area contributed by atoms with Crippen LogP contribution in [0.25, 0.3) is 0 Å². The van der Waals surface area contributed by atoms with Crippen LogP contribution in [0.4, 0.5) is 16.5 Å². The van der Waals surface area contributed by atoms with Crippen molar-refractivity contribution in [1.82, 2.24) is 9.88 Å². The van der Waals surface area contributed by atoms with Crippen LogP contribution in [-0.2, 0) is 4.79 Å². The van der Waals surface area contributed by atoms with Crippen LogP contribution in [0.15, 0.2) is 54.0 Å². The minimum Gasteiger partial charge on any atom is -0.325 e. The predicted molar refractivity (Wildman–Crippen MR) is 114 cm³/mol. The molecule has 2 aromatic carbocycles. The summed E-state index contributed by atoms with van der Waals surface area (Å²) in [6.45, 7) is -0.563. The summed E-state index contributed by atoms with van der Waals surface area (Å²) in [5.41, 5.74) is 0.264. The highest BCUT2D eigenvalue weighted by Gasteiger charge is 2.37. The molecule has 0 unspecified atom stereocenters. The number of anilines is 2. The van der Waals surface area contributed by atoms with Crippen LogP contribution in [0, 0.1) is 10.1 Å². The summed E-state index contributed by atoms with van der Waals surface area (Å²) in [4.78, 5) is 64.4. The number of aromatic nitrogens is 1. The fourth-order valence-corrected chi connectivity index (χ4v) is 3.56. The predicted octanol–water partition coefficient (Wildman–Crippen LogP) is 2.54. The Morgan fingerprint density at radius 3 is 2.41 bits per heavy atom. The maximum atomic E-state index is 12.5. The average Bonchev–Trinajstić information content (AvgIpc) is 3.36. The molecule has 160 valence electrons. The highest BCUT2D eigenvalue weighted by molar-refractivity contribution is 7.13. The Hall–Kier alpha value is -4.45. The van der Waals surface area contributed by atoms with Crippen molar-refractivity contribution in [1.29, 1.82) is 0 Å². The van der Waals surface area contributed by atoms with E-state index < -0.39 is 29.2 Å². The molecule has 0 saturated carbocycles. The normalized spacial score (nSPS) is 12.4. The third kappa shape index (κ3) is 4.06. The molecule has 0 fully saturated rings. The van der Waals surface area contributed by atoms with E-state index in [0.717, 1.165) is 17.0 Å². The number of nitrogens with one attached hydrogen (secondary N) is 2. The molecule has 0 saturated heterocycles. The van der Waals surface area contributed by atoms with Crippen molar-refractivity contribution in [2.24, 2.45) is 0 Å². The van der Waals surface area contributed by atoms with Crippen LogP contribution >= 0.6 is 11.3 Å². The first-order valence-electron chi connectivity index (χ1n) is 9.09. The molecule has 3 aromatic rings. The number of nitrogens with zero attached hydrogens (tertiary/aromatic N) is 3. The largest absolute Gasteiger partial charge is 0.325 e. The zero-order valence-corrected chi connectivity index (χ0v) is 16.9. The minimum absolute atomic E-state index is 0.00370. The van der Waals surface area contributed by atoms with Crippen LogP contribution < -0.4 is 10.6 Å². The Bertz CT molecular complexity index is 1260. The number of hydrogen-bond acceptors (Lipinski definition) is 8. The molecule has 4 amide bonds. The summed E-state index contributed by atoms with van der Waals surface area (Å²) >= 11 is 1.28. The Kier molecular flexibility index (Phi) is 5.43. The fourth-order valence-electron chi connectivity index (χ4n) is 3.04. The molecular weight excluding hydrogens is 438 g/mol. The van der Waals surface area contributed by atoms with E-state index in [9.17, 15) is 29.3 Å². The molecule has 32 heavy (non-hydrogen) atoms. The van der Waals surface area contributed by atoms with Crippen LogP contribution in [-0.4, -0.2) is 45.0 Å². The Morgan fingerprint density at radius 1 is 1.03 bits per heavy atom. The topological polar surface area (TPSA) is 152 Å². The summed E-state index contributed by atoms with van der Waals surface area (Å²) in [5.74, 6) is -2.49. The Labute approximate surface area is 183 Å². The van der Waals surface area contributed by atoms with Gasteiger partial charge >= 0.3 is 0 Å². The highest BCUT2D eigenvalue weighted by atomic mass is 32.1. The van der Waals surface area contributed by atoms with Crippen molar-refractivity contribution < 1.29 is 24.1 Å². The van der Waals surface area contributed by atoms with E-state index in [2.05, 4.69) is 15.6 Å². The number of thiazole rings is 1. The van der Waals surface area contributed by atoms with Gasteiger partial charge in [0.15, 0.2) is 5.13 Å². The molecule has 12 heteroatoms. The van der Waals surface area contributed by atoms with Gasteiger partial charge in [0.1, 0.15) is 6.54 Å². The molecule has 0 aliphatic carbocycles. The number of amides is 4. The van der Waals surface area contributed by atoms with Crippen molar-refractivity contribution in [3.05, 3.63) is 80.8 Å². The number of carbonyl (C=O) groups is 4. The molecule has 1 aromatic heterocycles. The molecular formula is C20H13N5O6S. The fraction of sp³-hybridized carbons (Fsp3) is 0.0500. The van der Waals surface area contributed by atoms with Gasteiger partial charge in [-0.15, -0.1) is 11.3 Å². The quantitative estimate of drug-likeness (QED) is 0.332. The second-order valence-corrected chi connectivity index (χ2v) is 7.49. The van der Waals surface area contributed by atoms with E-state index in [1.54, 1.807) is 11.6 Å². The second kappa shape index (κ2) is 8.35. The van der Waals surface area contributed by atoms with Gasteiger partial charge in [-0.2, -0.15) is 0 Å². The molecule has 2 N–H and O–H groups in total. The standard InChI is InChI=1S/C20H13N5O6S/c26-16(10-24-18(28)14-6-5-13(25(30)31)9-15(14)19(24)29)22-12-3-1-11(2-4-12)17(27)23-20-21-7-8-32-20/h1-9H,10H2,(H,22,26)(H,21,23,27). The van der Waals surface area contributed by atoms with E-state index in [0.29, 0.717) is 16.4 Å². The lowest BCUT2D eigenvalue weighted by molar-refractivity contribution is -0.384. The van der Waals surface area contributed by atoms with E-state index in [1.807, 2.05) is 0 Å². The van der Waals surface area contributed by atoms with Crippen LogP contribution in [0.1, 0.15) is 31.1 Å². The zero-order valence-electron chi connectivity index (χ0n) is 16.1. The van der Waals surface area contributed by atoms with Crippen LogP contribution in [0.2, 0.25) is 0 Å². The summed E-state index contributed by atoms with van der Waals surface area (Å²) < 4.78 is 0. The molecule has 1 aliphatic heterocycles. The summed E-state index contributed by atoms with van der Waals surface area (Å²) in [6.07, 6.45) is 1.56. The summed E-state index contributed by atoms with van der Waals surface area (Å²) in [5, 5.41) is 18.3. The van der Waals surface area contributed by atoms with E-state index in [-0.39, 0.29) is 22.7 Å². The third-order valence-electron chi connectivity index (χ3n) is 4.55. The first-order valence-corrected chi connectivity index (χ1v) is 9.97. The molecule has 2 heterocycles. The van der Waals surface area contributed by atoms with Crippen LogP contribution in [0.5, 0.6) is 0 Å². The monoisotopic (exact) mass is 451 g/mol. The number of benzene rings is 2. The zero-order chi connectivity index (χ0) is 22.8. The number of rotatable bonds is 6. The molecule has 0 bridgehead atoms. The summed E-state index contributed by atoms with van der Waals surface area (Å²) in [6, 6.07) is 9.34. The SMILES string of the molecule is O=C(CN1C(=O)c2ccc([N+](=O)[O-])cc2C1=O)Nc1ccc(C(=O)Nc2nccs2)cc1. The molecule has 0 atom stereocenters. The minimum atomic E-state index is -0.780. The number of carbonyl (C=O) groups excluding carboxylic acids is 4. The third-order valence-corrected chi connectivity index (χ3v) is 5.24. The van der Waals surface area contributed by atoms with Gasteiger partial charge in [0, 0.05) is 35.0 Å². The average molecular weight is 451 g/mol. The van der Waals surface area contributed by atoms with Crippen molar-refractivity contribution in [2.45, 2.75) is 0 Å². The van der Waals surface area contributed by atoms with Gasteiger partial charge in [0.25, 0.3) is 23.4 Å². The molecule has 11 nitrogen and oxygen atoms in total. The number of nitro benzene ring substituents is 1. The lowest BCUT2D eigenvalue weighted by Gasteiger charge is -2.13. The first-order chi connectivity index (χ1) is 15.3. The van der Waals surface area contributed by atoms with Gasteiger partial charge in [-0.05, 0) is 30.3 Å². The van der Waals surface area contributed by atoms with Gasteiger partial charge in [-0.3, -0.25) is 39.5 Å². The van der Waals surface area contributed by atoms with E-state index >= 15 is 0 Å². The number of nitro groups is 1. The maximum Gasteiger partial charge on any atom is 0.270 e. The van der Waals surface area contributed by atoms with Gasteiger partial charge in [-0.1, -0.05) is 0 Å². The second-order valence-electron chi connectivity index (χ2n) is 6.60. The highest BCUT2D eigenvalue weighted by Crippen LogP contribution is 2.26. The maximum absolute atomic E-state index is 12.5. The number of hydrogen-bond donors (Lipinski definition) is 2. The Balaban J connectivity index is 1.39. The van der Waals surface area contributed by atoms with Crippen molar-refractivity contribution in [2.75, 3.05) is 17.2 Å². The smallest absolute Gasteiger partial charge is 0.270 e. The molecule has 4 rings (SSSR count). The van der Waals surface area contributed by atoms with Crippen molar-refractivity contribution in [3.8, 4) is 0 Å². The van der Waals surface area contributed by atoms with Gasteiger partial charge in [0.05, 0.1) is 16.1 Å². The van der Waals surface area contributed by atoms with Gasteiger partial charge in [0.2, 0.25) is 5.91 Å². The molecule has 0 spiro atoms. The Morgan fingerprint density at radius 2 is 1.75 bits per heavy atom. The van der Waals surface area contributed by atoms with Crippen LogP contribution in [0.3, 0.4) is 0 Å². The van der Waals surface area contributed by atoms with E-state index in [4.69, 9.17) is 0 Å². The van der Waals surface area contributed by atoms with Gasteiger partial charge < -0.3 is 5.32 Å². The summed E-state index contributed by atoms with van der Waals surface area (Å²) in [7, 11) is 0. The van der Waals surface area contributed by atoms with Gasteiger partial charge in [-0.25, -0.2) is 4.98 Å². The van der Waals surface area contributed by atoms with E-state index in [1.165, 1.54) is 41.7 Å². The molecule has 0 radical (unpaired) electrons. The van der Waals surface area contributed by atoms with Crippen molar-refractivity contribution >= 4 is 51.5 Å². The number of imide groups is 1. The number of non-ortho nitro benzene ring substituents is 1.